The monoisotopic (exact) mass is 375 g/mol. The maximum Gasteiger partial charge on any atom is 0.341 e. The van der Waals surface area contributed by atoms with Gasteiger partial charge in [-0.25, -0.2) is 4.79 Å². The Morgan fingerprint density at radius 3 is 2.72 bits per heavy atom. The molecule has 1 aromatic carbocycles. The van der Waals surface area contributed by atoms with Crippen molar-refractivity contribution >= 4 is 46.3 Å². The number of carboxylic acid groups (broad SMARTS) is 1. The third-order valence-electron chi connectivity index (χ3n) is 3.31. The van der Waals surface area contributed by atoms with Gasteiger partial charge in [0.15, 0.2) is 6.61 Å². The van der Waals surface area contributed by atoms with Crippen LogP contribution in [-0.2, 0) is 16.1 Å². The van der Waals surface area contributed by atoms with Gasteiger partial charge in [-0.15, -0.1) is 0 Å². The number of nitrogens with zero attached hydrogens (tertiary/aromatic N) is 1. The number of thioether (sulfide) groups is 1. The zero-order valence-corrected chi connectivity index (χ0v) is 14.5. The van der Waals surface area contributed by atoms with E-state index in [0.717, 1.165) is 5.56 Å². The molecule has 1 fully saturated rings. The van der Waals surface area contributed by atoms with Crippen LogP contribution in [0.3, 0.4) is 0 Å². The Morgan fingerprint density at radius 2 is 2.08 bits per heavy atom. The summed E-state index contributed by atoms with van der Waals surface area (Å²) in [6.45, 7) is -0.0955. The van der Waals surface area contributed by atoms with E-state index in [1.165, 1.54) is 16.7 Å². The molecular formula is C17H13NO5S2. The maximum atomic E-state index is 12.5. The number of ether oxygens (including phenoxy) is 1. The first-order valence-electron chi connectivity index (χ1n) is 7.25. The Balaban J connectivity index is 1.70. The van der Waals surface area contributed by atoms with Crippen LogP contribution < -0.4 is 4.74 Å². The second-order valence-corrected chi connectivity index (χ2v) is 6.77. The minimum Gasteiger partial charge on any atom is -0.482 e. The van der Waals surface area contributed by atoms with Crippen molar-refractivity contribution in [3.05, 3.63) is 58.9 Å². The topological polar surface area (TPSA) is 80.0 Å². The lowest BCUT2D eigenvalue weighted by Crippen LogP contribution is -2.27. The Labute approximate surface area is 153 Å². The Bertz CT molecular complexity index is 827. The van der Waals surface area contributed by atoms with E-state index in [1.54, 1.807) is 48.7 Å². The van der Waals surface area contributed by atoms with E-state index in [2.05, 4.69) is 0 Å². The van der Waals surface area contributed by atoms with Gasteiger partial charge in [-0.05, 0) is 35.9 Å². The predicted octanol–water partition coefficient (Wildman–Crippen LogP) is 3.14. The van der Waals surface area contributed by atoms with Crippen LogP contribution in [0.4, 0.5) is 0 Å². The van der Waals surface area contributed by atoms with Crippen molar-refractivity contribution in [3.63, 3.8) is 0 Å². The molecule has 3 rings (SSSR count). The quantitative estimate of drug-likeness (QED) is 0.614. The van der Waals surface area contributed by atoms with Gasteiger partial charge in [0.25, 0.3) is 5.91 Å². The summed E-state index contributed by atoms with van der Waals surface area (Å²) >= 11 is 6.51. The van der Waals surface area contributed by atoms with E-state index in [9.17, 15) is 9.59 Å². The average Bonchev–Trinajstić information content (AvgIpc) is 3.19. The third-order valence-corrected chi connectivity index (χ3v) is 4.69. The lowest BCUT2D eigenvalue weighted by Gasteiger charge is -2.11. The van der Waals surface area contributed by atoms with E-state index in [4.69, 9.17) is 26.5 Å². The molecule has 6 nitrogen and oxygen atoms in total. The van der Waals surface area contributed by atoms with Crippen molar-refractivity contribution in [2.75, 3.05) is 6.61 Å². The molecule has 1 saturated heterocycles. The molecule has 1 amide bonds. The fourth-order valence-electron chi connectivity index (χ4n) is 2.15. The number of furan rings is 1. The average molecular weight is 375 g/mol. The van der Waals surface area contributed by atoms with Crippen molar-refractivity contribution in [3.8, 4) is 5.75 Å². The molecule has 25 heavy (non-hydrogen) atoms. The highest BCUT2D eigenvalue weighted by atomic mass is 32.2. The van der Waals surface area contributed by atoms with Crippen molar-refractivity contribution in [1.82, 2.24) is 4.90 Å². The summed E-state index contributed by atoms with van der Waals surface area (Å²) in [6.07, 6.45) is 3.29. The number of carbonyl (C=O) groups excluding carboxylic acids is 1. The largest absolute Gasteiger partial charge is 0.482 e. The fourth-order valence-corrected chi connectivity index (χ4v) is 3.41. The van der Waals surface area contributed by atoms with E-state index in [1.807, 2.05) is 0 Å². The first kappa shape index (κ1) is 17.2. The second-order valence-electron chi connectivity index (χ2n) is 5.10. The minimum atomic E-state index is -1.04. The highest BCUT2D eigenvalue weighted by molar-refractivity contribution is 8.26. The van der Waals surface area contributed by atoms with E-state index >= 15 is 0 Å². The molecule has 2 aromatic rings. The van der Waals surface area contributed by atoms with Gasteiger partial charge in [-0.2, -0.15) is 0 Å². The Morgan fingerprint density at radius 1 is 1.32 bits per heavy atom. The number of benzene rings is 1. The number of aliphatic carboxylic acids is 1. The standard InChI is InChI=1S/C17H13NO5S2/c19-15(20)10-23-12-5-3-11(4-6-12)8-14-16(21)18(17(24)25-14)9-13-2-1-7-22-13/h1-8H,9-10H2,(H,19,20)/b14-8+. The molecule has 2 heterocycles. The summed E-state index contributed by atoms with van der Waals surface area (Å²) in [5.41, 5.74) is 0.793. The van der Waals surface area contributed by atoms with E-state index in [-0.39, 0.29) is 5.91 Å². The van der Waals surface area contributed by atoms with Gasteiger partial charge < -0.3 is 14.3 Å². The van der Waals surface area contributed by atoms with Crippen LogP contribution in [0.1, 0.15) is 11.3 Å². The SMILES string of the molecule is O=C(O)COc1ccc(/C=C2/SC(=S)N(Cc3ccco3)C2=O)cc1. The van der Waals surface area contributed by atoms with Crippen LogP contribution in [0.2, 0.25) is 0 Å². The maximum absolute atomic E-state index is 12.5. The highest BCUT2D eigenvalue weighted by Crippen LogP contribution is 2.33. The molecule has 1 aliphatic rings. The molecule has 1 N–H and O–H groups in total. The summed E-state index contributed by atoms with van der Waals surface area (Å²) in [7, 11) is 0. The third kappa shape index (κ3) is 4.28. The normalized spacial score (nSPS) is 15.8. The number of thiocarbonyl (C=S) groups is 1. The molecular weight excluding hydrogens is 362 g/mol. The number of hydrogen-bond acceptors (Lipinski definition) is 6. The number of amides is 1. The summed E-state index contributed by atoms with van der Waals surface area (Å²) in [5.74, 6) is -0.0932. The van der Waals surface area contributed by atoms with Gasteiger partial charge in [-0.3, -0.25) is 9.69 Å². The Kier molecular flexibility index (Phi) is 5.20. The molecule has 0 spiro atoms. The van der Waals surface area contributed by atoms with Gasteiger partial charge in [0, 0.05) is 0 Å². The van der Waals surface area contributed by atoms with Gasteiger partial charge in [0.05, 0.1) is 17.7 Å². The minimum absolute atomic E-state index is 0.169. The number of carbonyl (C=O) groups is 2. The number of rotatable bonds is 6. The lowest BCUT2D eigenvalue weighted by atomic mass is 10.2. The lowest BCUT2D eigenvalue weighted by molar-refractivity contribution is -0.139. The van der Waals surface area contributed by atoms with Crippen LogP contribution in [0, 0.1) is 0 Å². The van der Waals surface area contributed by atoms with Crippen LogP contribution >= 0.6 is 24.0 Å². The summed E-state index contributed by atoms with van der Waals surface area (Å²) in [4.78, 5) is 25.0. The van der Waals surface area contributed by atoms with Gasteiger partial charge in [0.1, 0.15) is 15.8 Å². The molecule has 1 aliphatic heterocycles. The number of carboxylic acids is 1. The fraction of sp³-hybridized carbons (Fsp3) is 0.118. The molecule has 0 saturated carbocycles. The molecule has 0 unspecified atom stereocenters. The molecule has 0 aliphatic carbocycles. The molecule has 1 aromatic heterocycles. The first-order chi connectivity index (χ1) is 12.0. The van der Waals surface area contributed by atoms with Gasteiger partial charge >= 0.3 is 5.97 Å². The predicted molar refractivity (Wildman–Crippen MR) is 97.0 cm³/mol. The highest BCUT2D eigenvalue weighted by Gasteiger charge is 2.32. The summed E-state index contributed by atoms with van der Waals surface area (Å²) in [6, 6.07) is 10.3. The molecule has 0 atom stereocenters. The van der Waals surface area contributed by atoms with Crippen LogP contribution in [0.5, 0.6) is 5.75 Å². The second kappa shape index (κ2) is 7.54. The van der Waals surface area contributed by atoms with Gasteiger partial charge in [-0.1, -0.05) is 36.1 Å². The molecule has 8 heteroatoms. The van der Waals surface area contributed by atoms with Crippen molar-refractivity contribution in [2.45, 2.75) is 6.54 Å². The van der Waals surface area contributed by atoms with Crippen LogP contribution in [0.25, 0.3) is 6.08 Å². The van der Waals surface area contributed by atoms with E-state index in [0.29, 0.717) is 27.3 Å². The van der Waals surface area contributed by atoms with Gasteiger partial charge in [0.2, 0.25) is 0 Å². The zero-order chi connectivity index (χ0) is 17.8. The summed E-state index contributed by atoms with van der Waals surface area (Å²) < 4.78 is 10.8. The first-order valence-corrected chi connectivity index (χ1v) is 8.48. The number of hydrogen-bond donors (Lipinski definition) is 1. The van der Waals surface area contributed by atoms with Crippen LogP contribution in [0.15, 0.2) is 52.0 Å². The zero-order valence-electron chi connectivity index (χ0n) is 12.9. The van der Waals surface area contributed by atoms with E-state index < -0.39 is 12.6 Å². The van der Waals surface area contributed by atoms with Crippen molar-refractivity contribution in [2.24, 2.45) is 0 Å². The van der Waals surface area contributed by atoms with Crippen LogP contribution in [-0.4, -0.2) is 32.8 Å². The summed E-state index contributed by atoms with van der Waals surface area (Å²) in [5, 5.41) is 8.59. The van der Waals surface area contributed by atoms with Crippen molar-refractivity contribution < 1.29 is 23.8 Å². The molecule has 128 valence electrons. The molecule has 0 radical (unpaired) electrons. The Hall–Kier alpha value is -2.58. The smallest absolute Gasteiger partial charge is 0.341 e. The van der Waals surface area contributed by atoms with Crippen molar-refractivity contribution in [1.29, 1.82) is 0 Å². The molecule has 0 bridgehead atoms.